The maximum atomic E-state index is 12.7. The molecule has 1 aliphatic heterocycles. The molecule has 154 valence electrons. The number of ether oxygens (including phenoxy) is 1. The van der Waals surface area contributed by atoms with Gasteiger partial charge in [0.25, 0.3) is 5.91 Å². The molecule has 1 aliphatic rings. The third kappa shape index (κ3) is 4.78. The van der Waals surface area contributed by atoms with Crippen LogP contribution >= 0.6 is 24.0 Å². The molecule has 1 heterocycles. The summed E-state index contributed by atoms with van der Waals surface area (Å²) in [6.07, 6.45) is 1.67. The van der Waals surface area contributed by atoms with Crippen molar-refractivity contribution in [1.82, 2.24) is 4.90 Å². The summed E-state index contributed by atoms with van der Waals surface area (Å²) in [4.78, 5) is 37.5. The van der Waals surface area contributed by atoms with Crippen LogP contribution in [0.2, 0.25) is 0 Å². The molecule has 2 aromatic carbocycles. The predicted octanol–water partition coefficient (Wildman–Crippen LogP) is 2.94. The maximum absolute atomic E-state index is 12.7. The second-order valence-corrected chi connectivity index (χ2v) is 7.81. The van der Waals surface area contributed by atoms with E-state index in [2.05, 4.69) is 5.32 Å². The summed E-state index contributed by atoms with van der Waals surface area (Å²) in [5, 5.41) is 21.1. The summed E-state index contributed by atoms with van der Waals surface area (Å²) < 4.78 is 5.41. The first-order chi connectivity index (χ1) is 14.3. The number of carbonyl (C=O) groups excluding carboxylic acids is 2. The number of amides is 2. The average Bonchev–Trinajstić information content (AvgIpc) is 2.95. The van der Waals surface area contributed by atoms with Crippen molar-refractivity contribution in [1.29, 1.82) is 0 Å². The van der Waals surface area contributed by atoms with Crippen LogP contribution in [0.3, 0.4) is 0 Å². The van der Waals surface area contributed by atoms with Gasteiger partial charge in [0.2, 0.25) is 5.91 Å². The molecule has 0 radical (unpaired) electrons. The van der Waals surface area contributed by atoms with E-state index in [1.807, 2.05) is 6.07 Å². The number of thiocarbonyl (C=S) groups is 1. The molecule has 0 aromatic heterocycles. The maximum Gasteiger partial charge on any atom is 0.339 e. The summed E-state index contributed by atoms with van der Waals surface area (Å²) in [7, 11) is 1.55. The number of methoxy groups -OCH3 is 1. The summed E-state index contributed by atoms with van der Waals surface area (Å²) in [6.45, 7) is -0.318. The number of phenols is 1. The summed E-state index contributed by atoms with van der Waals surface area (Å²) >= 11 is 6.32. The first-order valence-corrected chi connectivity index (χ1v) is 9.76. The van der Waals surface area contributed by atoms with E-state index in [9.17, 15) is 19.5 Å². The van der Waals surface area contributed by atoms with Crippen LogP contribution in [0.5, 0.6) is 11.5 Å². The van der Waals surface area contributed by atoms with E-state index in [1.165, 1.54) is 17.0 Å². The van der Waals surface area contributed by atoms with E-state index in [4.69, 9.17) is 22.1 Å². The number of thioether (sulfide) groups is 1. The molecule has 3 N–H and O–H groups in total. The Balaban J connectivity index is 1.69. The predicted molar refractivity (Wildman–Crippen MR) is 117 cm³/mol. The highest BCUT2D eigenvalue weighted by Crippen LogP contribution is 2.33. The van der Waals surface area contributed by atoms with Crippen molar-refractivity contribution in [2.24, 2.45) is 0 Å². The van der Waals surface area contributed by atoms with Crippen molar-refractivity contribution in [3.05, 3.63) is 58.5 Å². The first-order valence-electron chi connectivity index (χ1n) is 8.54. The lowest BCUT2D eigenvalue weighted by Gasteiger charge is -2.14. The Hall–Kier alpha value is -3.37. The largest absolute Gasteiger partial charge is 0.507 e. The molecule has 0 saturated carbocycles. The fourth-order valence-corrected chi connectivity index (χ4v) is 3.91. The number of rotatable bonds is 6. The van der Waals surface area contributed by atoms with Gasteiger partial charge in [-0.2, -0.15) is 0 Å². The van der Waals surface area contributed by atoms with Crippen LogP contribution < -0.4 is 10.1 Å². The molecule has 8 nitrogen and oxygen atoms in total. The van der Waals surface area contributed by atoms with Crippen LogP contribution in [-0.4, -0.2) is 50.9 Å². The van der Waals surface area contributed by atoms with Crippen LogP contribution in [0, 0.1) is 0 Å². The zero-order valence-corrected chi connectivity index (χ0v) is 17.3. The number of carboxylic acid groups (broad SMARTS) is 1. The minimum absolute atomic E-state index is 0.194. The lowest BCUT2D eigenvalue weighted by molar-refractivity contribution is -0.126. The lowest BCUT2D eigenvalue weighted by Crippen LogP contribution is -2.36. The summed E-state index contributed by atoms with van der Waals surface area (Å²) in [5.74, 6) is -2.06. The molecule has 30 heavy (non-hydrogen) atoms. The van der Waals surface area contributed by atoms with Crippen LogP contribution in [0.15, 0.2) is 47.4 Å². The van der Waals surface area contributed by atoms with Gasteiger partial charge in [-0.25, -0.2) is 4.79 Å². The Bertz CT molecular complexity index is 1080. The number of anilines is 1. The van der Waals surface area contributed by atoms with Gasteiger partial charge in [0.1, 0.15) is 27.9 Å². The quantitative estimate of drug-likeness (QED) is 0.460. The van der Waals surface area contributed by atoms with Crippen molar-refractivity contribution >= 4 is 57.8 Å². The smallest absolute Gasteiger partial charge is 0.339 e. The number of benzene rings is 2. The number of hydrogen-bond acceptors (Lipinski definition) is 7. The Kier molecular flexibility index (Phi) is 6.38. The fourth-order valence-electron chi connectivity index (χ4n) is 2.65. The van der Waals surface area contributed by atoms with Crippen molar-refractivity contribution in [2.45, 2.75) is 0 Å². The van der Waals surface area contributed by atoms with Crippen LogP contribution in [-0.2, 0) is 9.59 Å². The molecular weight excluding hydrogens is 428 g/mol. The van der Waals surface area contributed by atoms with Gasteiger partial charge in [-0.3, -0.25) is 14.5 Å². The van der Waals surface area contributed by atoms with Crippen LogP contribution in [0.25, 0.3) is 6.08 Å². The normalized spacial score (nSPS) is 14.8. The van der Waals surface area contributed by atoms with Gasteiger partial charge in [-0.05, 0) is 35.9 Å². The highest BCUT2D eigenvalue weighted by molar-refractivity contribution is 8.26. The molecule has 10 heteroatoms. The van der Waals surface area contributed by atoms with E-state index in [0.29, 0.717) is 10.7 Å². The van der Waals surface area contributed by atoms with E-state index in [-0.39, 0.29) is 22.1 Å². The van der Waals surface area contributed by atoms with Gasteiger partial charge in [-0.15, -0.1) is 0 Å². The van der Waals surface area contributed by atoms with Gasteiger partial charge in [-0.1, -0.05) is 36.1 Å². The molecule has 1 saturated heterocycles. The van der Waals surface area contributed by atoms with Gasteiger partial charge in [0, 0.05) is 11.8 Å². The highest BCUT2D eigenvalue weighted by Gasteiger charge is 2.33. The second kappa shape index (κ2) is 8.97. The molecule has 0 bridgehead atoms. The van der Waals surface area contributed by atoms with Crippen molar-refractivity contribution in [3.63, 3.8) is 0 Å². The Morgan fingerprint density at radius 2 is 2.03 bits per heavy atom. The number of aromatic hydroxyl groups is 1. The van der Waals surface area contributed by atoms with E-state index in [0.717, 1.165) is 23.4 Å². The Morgan fingerprint density at radius 3 is 2.70 bits per heavy atom. The minimum atomic E-state index is -1.29. The highest BCUT2D eigenvalue weighted by atomic mass is 32.2. The zero-order valence-electron chi connectivity index (χ0n) is 15.6. The van der Waals surface area contributed by atoms with Crippen LogP contribution in [0.4, 0.5) is 5.69 Å². The molecule has 0 aliphatic carbocycles. The number of carbonyl (C=O) groups is 3. The van der Waals surface area contributed by atoms with Crippen molar-refractivity contribution in [2.75, 3.05) is 19.0 Å². The molecule has 0 atom stereocenters. The fraction of sp³-hybridized carbons (Fsp3) is 0.100. The topological polar surface area (TPSA) is 116 Å². The molecule has 0 unspecified atom stereocenters. The molecule has 2 aromatic rings. The number of nitrogens with one attached hydrogen (secondary N) is 1. The molecular formula is C20H16N2O6S2. The molecule has 3 rings (SSSR count). The van der Waals surface area contributed by atoms with Crippen molar-refractivity contribution < 1.29 is 29.3 Å². The SMILES string of the molecule is COc1cccc(/C=C2\SC(=S)N(CC(=O)Nc3ccc(C(=O)O)c(O)c3)C2=O)c1. The molecule has 1 fully saturated rings. The van der Waals surface area contributed by atoms with E-state index >= 15 is 0 Å². The summed E-state index contributed by atoms with van der Waals surface area (Å²) in [6, 6.07) is 10.8. The monoisotopic (exact) mass is 444 g/mol. The van der Waals surface area contributed by atoms with E-state index in [1.54, 1.807) is 31.4 Å². The zero-order chi connectivity index (χ0) is 21.8. The van der Waals surface area contributed by atoms with Crippen LogP contribution in [0.1, 0.15) is 15.9 Å². The third-order valence-corrected chi connectivity index (χ3v) is 5.46. The minimum Gasteiger partial charge on any atom is -0.507 e. The number of carboxylic acids is 1. The Morgan fingerprint density at radius 1 is 1.27 bits per heavy atom. The lowest BCUT2D eigenvalue weighted by atomic mass is 10.2. The van der Waals surface area contributed by atoms with Gasteiger partial charge in [0.15, 0.2) is 0 Å². The summed E-state index contributed by atoms with van der Waals surface area (Å²) in [5.41, 5.74) is 0.667. The standard InChI is InChI=1S/C20H16N2O6S2/c1-28-13-4-2-3-11(7-13)8-16-18(25)22(20(29)30-16)10-17(24)21-12-5-6-14(19(26)27)15(23)9-12/h2-9,23H,10H2,1H3,(H,21,24)(H,26,27)/b16-8-. The third-order valence-electron chi connectivity index (χ3n) is 4.08. The number of hydrogen-bond donors (Lipinski definition) is 3. The Labute approximate surface area is 181 Å². The molecule has 2 amide bonds. The van der Waals surface area contributed by atoms with Crippen molar-refractivity contribution in [3.8, 4) is 11.5 Å². The first kappa shape index (κ1) is 21.3. The van der Waals surface area contributed by atoms with Gasteiger partial charge < -0.3 is 20.3 Å². The average molecular weight is 444 g/mol. The number of aromatic carboxylic acids is 1. The molecule has 0 spiro atoms. The van der Waals surface area contributed by atoms with E-state index < -0.39 is 23.5 Å². The number of nitrogens with zero attached hydrogens (tertiary/aromatic N) is 1. The van der Waals surface area contributed by atoms with Gasteiger partial charge >= 0.3 is 5.97 Å². The van der Waals surface area contributed by atoms with Gasteiger partial charge in [0.05, 0.1) is 12.0 Å². The second-order valence-electron chi connectivity index (χ2n) is 6.13.